The molecule has 8 heteroatoms. The second kappa shape index (κ2) is 6.45. The van der Waals surface area contributed by atoms with E-state index in [0.29, 0.717) is 17.7 Å². The van der Waals surface area contributed by atoms with Crippen LogP contribution in [0.5, 0.6) is 6.01 Å². The zero-order chi connectivity index (χ0) is 17.1. The van der Waals surface area contributed by atoms with Crippen molar-refractivity contribution < 1.29 is 9.25 Å². The zero-order valence-electron chi connectivity index (χ0n) is 13.1. The smallest absolute Gasteiger partial charge is 0.337 e. The van der Waals surface area contributed by atoms with Crippen LogP contribution >= 0.6 is 0 Å². The fraction of sp³-hybridized carbons (Fsp3) is 0.188. The minimum atomic E-state index is -0.570. The summed E-state index contributed by atoms with van der Waals surface area (Å²) in [4.78, 5) is 39.3. The van der Waals surface area contributed by atoms with E-state index in [-0.39, 0.29) is 17.1 Å². The number of rotatable bonds is 4. The summed E-state index contributed by atoms with van der Waals surface area (Å²) in [5, 5.41) is 4.15. The maximum Gasteiger partial charge on any atom is 0.337 e. The van der Waals surface area contributed by atoms with Crippen molar-refractivity contribution in [2.45, 2.75) is 20.3 Å². The predicted octanol–water partition coefficient (Wildman–Crippen LogP) is 1.64. The van der Waals surface area contributed by atoms with E-state index in [9.17, 15) is 9.59 Å². The first-order valence-electron chi connectivity index (χ1n) is 7.27. The molecule has 0 unspecified atom stereocenters. The fourth-order valence-corrected chi connectivity index (χ4v) is 2.21. The Morgan fingerprint density at radius 2 is 2.08 bits per heavy atom. The number of nitrogens with zero attached hydrogens (tertiary/aromatic N) is 3. The molecule has 0 spiro atoms. The molecule has 0 aromatic carbocycles. The van der Waals surface area contributed by atoms with Crippen LogP contribution in [0.2, 0.25) is 0 Å². The highest BCUT2D eigenvalue weighted by molar-refractivity contribution is 5.98. The van der Waals surface area contributed by atoms with Crippen molar-refractivity contribution in [1.29, 1.82) is 0 Å². The van der Waals surface area contributed by atoms with Gasteiger partial charge >= 0.3 is 11.6 Å². The van der Waals surface area contributed by atoms with Crippen LogP contribution in [0, 0.1) is 0 Å². The van der Waals surface area contributed by atoms with E-state index in [1.54, 1.807) is 31.5 Å². The summed E-state index contributed by atoms with van der Waals surface area (Å²) in [5.74, 6) is 0. The Balaban J connectivity index is 2.00. The van der Waals surface area contributed by atoms with Crippen LogP contribution in [0.3, 0.4) is 0 Å². The Bertz CT molecular complexity index is 1020. The molecule has 0 radical (unpaired) electrons. The molecule has 122 valence electrons. The van der Waals surface area contributed by atoms with E-state index < -0.39 is 11.2 Å². The Morgan fingerprint density at radius 1 is 1.33 bits per heavy atom. The number of H-pyrrole nitrogens is 1. The third-order valence-electron chi connectivity index (χ3n) is 3.42. The first-order valence-corrected chi connectivity index (χ1v) is 7.27. The molecule has 3 aromatic heterocycles. The van der Waals surface area contributed by atoms with Crippen molar-refractivity contribution >= 4 is 16.8 Å². The maximum absolute atomic E-state index is 12.2. The van der Waals surface area contributed by atoms with Gasteiger partial charge in [0.2, 0.25) is 5.71 Å². The third kappa shape index (κ3) is 3.07. The van der Waals surface area contributed by atoms with Crippen LogP contribution < -0.4 is 16.0 Å². The Morgan fingerprint density at radius 3 is 2.79 bits per heavy atom. The number of hydrogen-bond acceptors (Lipinski definition) is 7. The van der Waals surface area contributed by atoms with Crippen LogP contribution in [0.1, 0.15) is 25.0 Å². The van der Waals surface area contributed by atoms with E-state index in [1.807, 2.05) is 6.92 Å². The Hall–Kier alpha value is -3.29. The standard InChI is InChI=1S/C16H14N4O4/c1-3-10-8-12(21)23-15-13(10)14(22)18-16(19-15)24-20-9(2)11-4-6-17-7-5-11/h4-8H,3H2,1-2H3,(H,18,19,22). The lowest BCUT2D eigenvalue weighted by molar-refractivity contribution is 0.311. The van der Waals surface area contributed by atoms with Gasteiger partial charge in [-0.3, -0.25) is 14.8 Å². The normalized spacial score (nSPS) is 11.7. The highest BCUT2D eigenvalue weighted by atomic mass is 16.6. The third-order valence-corrected chi connectivity index (χ3v) is 3.42. The minimum absolute atomic E-state index is 0.0742. The Kier molecular flexibility index (Phi) is 4.19. The molecule has 3 aromatic rings. The molecule has 8 nitrogen and oxygen atoms in total. The lowest BCUT2D eigenvalue weighted by Gasteiger charge is -2.03. The number of aromatic nitrogens is 3. The summed E-state index contributed by atoms with van der Waals surface area (Å²) in [5.41, 5.74) is 0.858. The van der Waals surface area contributed by atoms with Crippen molar-refractivity contribution in [3.63, 3.8) is 0 Å². The molecule has 3 rings (SSSR count). The van der Waals surface area contributed by atoms with E-state index in [0.717, 1.165) is 5.56 Å². The quantitative estimate of drug-likeness (QED) is 0.576. The molecular weight excluding hydrogens is 312 g/mol. The highest BCUT2D eigenvalue weighted by Gasteiger charge is 2.12. The molecule has 0 aliphatic carbocycles. The van der Waals surface area contributed by atoms with Crippen LogP contribution in [-0.4, -0.2) is 20.7 Å². The van der Waals surface area contributed by atoms with Gasteiger partial charge in [-0.1, -0.05) is 12.1 Å². The van der Waals surface area contributed by atoms with Crippen molar-refractivity contribution in [3.05, 3.63) is 62.5 Å². The molecule has 24 heavy (non-hydrogen) atoms. The lowest BCUT2D eigenvalue weighted by Crippen LogP contribution is -2.14. The summed E-state index contributed by atoms with van der Waals surface area (Å²) in [6, 6.07) is 4.67. The first-order chi connectivity index (χ1) is 11.6. The topological polar surface area (TPSA) is 110 Å². The van der Waals surface area contributed by atoms with Crippen molar-refractivity contribution in [2.75, 3.05) is 0 Å². The molecule has 3 heterocycles. The number of oxime groups is 1. The van der Waals surface area contributed by atoms with Gasteiger partial charge < -0.3 is 9.25 Å². The average Bonchev–Trinajstić information content (AvgIpc) is 2.59. The van der Waals surface area contributed by atoms with E-state index in [1.165, 1.54) is 6.07 Å². The summed E-state index contributed by atoms with van der Waals surface area (Å²) in [6.45, 7) is 3.57. The molecule has 0 atom stereocenters. The summed E-state index contributed by atoms with van der Waals surface area (Å²) < 4.78 is 4.99. The molecule has 1 N–H and O–H groups in total. The monoisotopic (exact) mass is 326 g/mol. The largest absolute Gasteiger partial charge is 0.403 e. The second-order valence-electron chi connectivity index (χ2n) is 5.00. The number of hydrogen-bond donors (Lipinski definition) is 1. The van der Waals surface area contributed by atoms with E-state index in [2.05, 4.69) is 20.1 Å². The second-order valence-corrected chi connectivity index (χ2v) is 5.00. The van der Waals surface area contributed by atoms with Crippen LogP contribution in [0.4, 0.5) is 0 Å². The highest BCUT2D eigenvalue weighted by Crippen LogP contribution is 2.13. The molecular formula is C16H14N4O4. The summed E-state index contributed by atoms with van der Waals surface area (Å²) in [7, 11) is 0. The number of fused-ring (bicyclic) bond motifs is 1. The van der Waals surface area contributed by atoms with Crippen LogP contribution in [0.25, 0.3) is 11.1 Å². The van der Waals surface area contributed by atoms with Gasteiger partial charge in [0.25, 0.3) is 5.56 Å². The Labute approximate surface area is 135 Å². The number of aromatic amines is 1. The lowest BCUT2D eigenvalue weighted by atomic mass is 10.1. The zero-order valence-corrected chi connectivity index (χ0v) is 13.1. The van der Waals surface area contributed by atoms with Gasteiger partial charge in [0, 0.05) is 24.0 Å². The number of pyridine rings is 1. The van der Waals surface area contributed by atoms with Gasteiger partial charge in [-0.2, -0.15) is 4.98 Å². The van der Waals surface area contributed by atoms with Crippen molar-refractivity contribution in [3.8, 4) is 6.01 Å². The van der Waals surface area contributed by atoms with Crippen LogP contribution in [-0.2, 0) is 6.42 Å². The van der Waals surface area contributed by atoms with E-state index in [4.69, 9.17) is 9.25 Å². The first kappa shape index (κ1) is 15.6. The SMILES string of the molecule is CCc1cc(=O)oc2nc(ON=C(C)c3ccncc3)[nH]c(=O)c12. The summed E-state index contributed by atoms with van der Waals surface area (Å²) in [6.07, 6.45) is 3.77. The molecule has 0 bridgehead atoms. The molecule has 0 aliphatic heterocycles. The minimum Gasteiger partial charge on any atom is -0.403 e. The van der Waals surface area contributed by atoms with Gasteiger partial charge in [-0.25, -0.2) is 4.79 Å². The van der Waals surface area contributed by atoms with Gasteiger partial charge in [-0.15, -0.1) is 0 Å². The maximum atomic E-state index is 12.2. The molecule has 0 aliphatic rings. The molecule has 0 saturated heterocycles. The fourth-order valence-electron chi connectivity index (χ4n) is 2.21. The van der Waals surface area contributed by atoms with Crippen LogP contribution in [0.15, 0.2) is 49.8 Å². The van der Waals surface area contributed by atoms with Gasteiger partial charge in [0.1, 0.15) is 5.39 Å². The molecule has 0 amide bonds. The van der Waals surface area contributed by atoms with Gasteiger partial charge in [0.05, 0.1) is 5.71 Å². The van der Waals surface area contributed by atoms with Crippen molar-refractivity contribution in [2.24, 2.45) is 5.16 Å². The number of nitrogens with one attached hydrogen (secondary N) is 1. The van der Waals surface area contributed by atoms with Gasteiger partial charge in [0.15, 0.2) is 0 Å². The molecule has 0 saturated carbocycles. The molecule has 0 fully saturated rings. The number of aryl methyl sites for hydroxylation is 1. The van der Waals surface area contributed by atoms with E-state index >= 15 is 0 Å². The summed E-state index contributed by atoms with van der Waals surface area (Å²) >= 11 is 0. The average molecular weight is 326 g/mol. The van der Waals surface area contributed by atoms with Gasteiger partial charge in [-0.05, 0) is 31.0 Å². The predicted molar refractivity (Wildman–Crippen MR) is 87.4 cm³/mol. The van der Waals surface area contributed by atoms with Crippen molar-refractivity contribution in [1.82, 2.24) is 15.0 Å².